The van der Waals surface area contributed by atoms with Crippen LogP contribution >= 0.6 is 0 Å². The summed E-state index contributed by atoms with van der Waals surface area (Å²) >= 11 is 0.402. The molecule has 1 aromatic heterocycles. The van der Waals surface area contributed by atoms with Crippen molar-refractivity contribution >= 4 is 14.7 Å². The second-order valence-electron chi connectivity index (χ2n) is 3.58. The third-order valence-electron chi connectivity index (χ3n) is 2.83. The summed E-state index contributed by atoms with van der Waals surface area (Å²) in [6.07, 6.45) is 5.47. The summed E-state index contributed by atoms with van der Waals surface area (Å²) < 4.78 is 5.81. The molecular formula is C8H10N2Se. The molecule has 3 heteroatoms. The first-order valence-corrected chi connectivity index (χ1v) is 5.88. The minimum absolute atomic E-state index is 0.402. The average Bonchev–Trinajstić information content (AvgIpc) is 2.65. The van der Waals surface area contributed by atoms with Crippen molar-refractivity contribution in [1.29, 1.82) is 0 Å². The van der Waals surface area contributed by atoms with Crippen LogP contribution in [-0.2, 0) is 6.42 Å². The van der Waals surface area contributed by atoms with Crippen molar-refractivity contribution < 1.29 is 0 Å². The van der Waals surface area contributed by atoms with Gasteiger partial charge < -0.3 is 0 Å². The zero-order valence-electron chi connectivity index (χ0n) is 6.29. The molecule has 0 N–H and O–H groups in total. The van der Waals surface area contributed by atoms with Crippen LogP contribution in [0.15, 0.2) is 0 Å². The van der Waals surface area contributed by atoms with Gasteiger partial charge in [0.05, 0.1) is 0 Å². The van der Waals surface area contributed by atoms with Crippen LogP contribution in [0.5, 0.6) is 0 Å². The van der Waals surface area contributed by atoms with Gasteiger partial charge in [-0.05, 0) is 0 Å². The number of aryl methyl sites for hydroxylation is 1. The molecule has 1 saturated carbocycles. The van der Waals surface area contributed by atoms with Crippen LogP contribution in [-0.4, -0.2) is 23.9 Å². The van der Waals surface area contributed by atoms with Crippen LogP contribution in [0.2, 0.25) is 0 Å². The summed E-state index contributed by atoms with van der Waals surface area (Å²) in [5.41, 5.74) is 1.37. The quantitative estimate of drug-likeness (QED) is 0.600. The molecule has 0 saturated heterocycles. The average molecular weight is 213 g/mol. The Balaban J connectivity index is 2.06. The van der Waals surface area contributed by atoms with Crippen LogP contribution in [0.3, 0.4) is 0 Å². The van der Waals surface area contributed by atoms with E-state index in [-0.39, 0.29) is 0 Å². The van der Waals surface area contributed by atoms with E-state index in [4.69, 9.17) is 0 Å². The van der Waals surface area contributed by atoms with E-state index in [2.05, 4.69) is 9.19 Å². The summed E-state index contributed by atoms with van der Waals surface area (Å²) in [5, 5.41) is 4.23. The molecule has 1 fully saturated rings. The van der Waals surface area contributed by atoms with Crippen LogP contribution < -0.4 is 0 Å². The van der Waals surface area contributed by atoms with Crippen molar-refractivity contribution in [1.82, 2.24) is 9.19 Å². The first-order valence-electron chi connectivity index (χ1n) is 4.26. The van der Waals surface area contributed by atoms with Gasteiger partial charge in [-0.1, -0.05) is 0 Å². The molecule has 2 atom stereocenters. The van der Waals surface area contributed by atoms with Crippen molar-refractivity contribution in [3.8, 4) is 0 Å². The Labute approximate surface area is 72.0 Å². The van der Waals surface area contributed by atoms with Crippen LogP contribution in [0.25, 0.3) is 0 Å². The Morgan fingerprint density at radius 1 is 1.45 bits per heavy atom. The summed E-state index contributed by atoms with van der Waals surface area (Å²) in [6, 6.07) is 0. The van der Waals surface area contributed by atoms with E-state index < -0.39 is 0 Å². The van der Waals surface area contributed by atoms with Gasteiger partial charge in [-0.2, -0.15) is 0 Å². The van der Waals surface area contributed by atoms with Gasteiger partial charge in [-0.3, -0.25) is 0 Å². The molecule has 2 nitrogen and oxygen atoms in total. The molecule has 11 heavy (non-hydrogen) atoms. The predicted octanol–water partition coefficient (Wildman–Crippen LogP) is 0.973. The van der Waals surface area contributed by atoms with Gasteiger partial charge in [0.25, 0.3) is 0 Å². The zero-order chi connectivity index (χ0) is 7.26. The number of rotatable bonds is 0. The van der Waals surface area contributed by atoms with E-state index in [1.165, 1.54) is 31.4 Å². The molecular weight excluding hydrogens is 203 g/mol. The van der Waals surface area contributed by atoms with E-state index in [1.807, 2.05) is 0 Å². The molecule has 1 heterocycles. The van der Waals surface area contributed by atoms with Gasteiger partial charge in [0, 0.05) is 0 Å². The molecule has 3 rings (SSSR count). The summed E-state index contributed by atoms with van der Waals surface area (Å²) in [7, 11) is 0. The molecule has 2 unspecified atom stereocenters. The molecule has 0 aromatic carbocycles. The number of hydrogen-bond donors (Lipinski definition) is 0. The van der Waals surface area contributed by atoms with Crippen molar-refractivity contribution in [2.24, 2.45) is 5.92 Å². The van der Waals surface area contributed by atoms with E-state index in [1.54, 1.807) is 4.44 Å². The molecule has 0 radical (unpaired) electrons. The Bertz CT molecular complexity index is 281. The summed E-state index contributed by atoms with van der Waals surface area (Å²) in [4.78, 5) is 0. The van der Waals surface area contributed by atoms with Crippen molar-refractivity contribution in [2.45, 2.75) is 31.6 Å². The normalized spacial score (nSPS) is 33.8. The summed E-state index contributed by atoms with van der Waals surface area (Å²) in [6.45, 7) is 0. The van der Waals surface area contributed by atoms with Gasteiger partial charge in [0.1, 0.15) is 0 Å². The molecule has 1 aromatic rings. The second kappa shape index (κ2) is 2.18. The van der Waals surface area contributed by atoms with E-state index in [9.17, 15) is 0 Å². The van der Waals surface area contributed by atoms with E-state index >= 15 is 0 Å². The fraction of sp³-hybridized carbons (Fsp3) is 0.750. The van der Waals surface area contributed by atoms with Crippen LogP contribution in [0, 0.1) is 5.92 Å². The zero-order valence-corrected chi connectivity index (χ0v) is 8.00. The molecule has 2 aliphatic rings. The first kappa shape index (κ1) is 6.38. The monoisotopic (exact) mass is 214 g/mol. The van der Waals surface area contributed by atoms with Crippen molar-refractivity contribution in [3.05, 3.63) is 10.1 Å². The third-order valence-corrected chi connectivity index (χ3v) is 4.72. The second-order valence-corrected chi connectivity index (χ2v) is 5.23. The number of aromatic nitrogens is 2. The number of fused-ring (bicyclic) bond motifs is 3. The maximum absolute atomic E-state index is 4.23. The predicted molar refractivity (Wildman–Crippen MR) is 42.8 cm³/mol. The topological polar surface area (TPSA) is 25.8 Å². The molecule has 0 amide bonds. The standard InChI is InChI=1S/C8H10N2Se/c1-2-5-4-6(5)8-7(3-1)9-10-11-8/h5-6H,1-4H2. The molecule has 0 bridgehead atoms. The molecule has 0 spiro atoms. The molecule has 0 aliphatic heterocycles. The summed E-state index contributed by atoms with van der Waals surface area (Å²) in [5.74, 6) is 1.97. The molecule has 58 valence electrons. The van der Waals surface area contributed by atoms with Gasteiger partial charge in [-0.25, -0.2) is 0 Å². The van der Waals surface area contributed by atoms with Gasteiger partial charge in [0.2, 0.25) is 0 Å². The Hall–Kier alpha value is -0.141. The maximum atomic E-state index is 4.23. The van der Waals surface area contributed by atoms with Crippen LogP contribution in [0.1, 0.15) is 35.3 Å². The first-order chi connectivity index (χ1) is 5.45. The van der Waals surface area contributed by atoms with Gasteiger partial charge in [0.15, 0.2) is 0 Å². The Morgan fingerprint density at radius 3 is 3.45 bits per heavy atom. The van der Waals surface area contributed by atoms with E-state index in [0.717, 1.165) is 11.8 Å². The van der Waals surface area contributed by atoms with Crippen molar-refractivity contribution in [2.75, 3.05) is 0 Å². The van der Waals surface area contributed by atoms with Gasteiger partial charge >= 0.3 is 71.6 Å². The van der Waals surface area contributed by atoms with Gasteiger partial charge in [-0.15, -0.1) is 0 Å². The van der Waals surface area contributed by atoms with E-state index in [0.29, 0.717) is 14.7 Å². The number of nitrogens with zero attached hydrogens (tertiary/aromatic N) is 2. The SMILES string of the molecule is C1Cc2nn[se]c2C2CC2C1. The fourth-order valence-corrected chi connectivity index (χ4v) is 3.98. The van der Waals surface area contributed by atoms with Crippen LogP contribution in [0.4, 0.5) is 0 Å². The minimum atomic E-state index is 0.402. The Kier molecular flexibility index (Phi) is 1.26. The fourth-order valence-electron chi connectivity index (χ4n) is 2.09. The van der Waals surface area contributed by atoms with Crippen molar-refractivity contribution in [3.63, 3.8) is 0 Å². The molecule has 2 aliphatic carbocycles. The number of hydrogen-bond acceptors (Lipinski definition) is 2. The Morgan fingerprint density at radius 2 is 2.45 bits per heavy atom. The third kappa shape index (κ3) is 0.911.